The molecule has 0 saturated carbocycles. The fourth-order valence-electron chi connectivity index (χ4n) is 2.98. The van der Waals surface area contributed by atoms with Gasteiger partial charge in [0.15, 0.2) is 0 Å². The maximum absolute atomic E-state index is 12.0. The average Bonchev–Trinajstić information content (AvgIpc) is 2.72. The van der Waals surface area contributed by atoms with Gasteiger partial charge in [0.25, 0.3) is 0 Å². The minimum atomic E-state index is -0.393. The summed E-state index contributed by atoms with van der Waals surface area (Å²) in [5, 5.41) is 0.855. The van der Waals surface area contributed by atoms with Crippen LogP contribution in [0.4, 0.5) is 0 Å². The largest absolute Gasteiger partial charge is 0.497 e. The van der Waals surface area contributed by atoms with E-state index in [1.165, 1.54) is 6.07 Å². The van der Waals surface area contributed by atoms with Gasteiger partial charge in [0, 0.05) is 17.5 Å². The summed E-state index contributed by atoms with van der Waals surface area (Å²) < 4.78 is 16.4. The summed E-state index contributed by atoms with van der Waals surface area (Å²) in [6, 6.07) is 24.7. The average molecular weight is 358 g/mol. The number of benzene rings is 3. The number of ether oxygens (including phenoxy) is 2. The molecule has 0 spiro atoms. The van der Waals surface area contributed by atoms with Gasteiger partial charge in [0.05, 0.1) is 7.11 Å². The van der Waals surface area contributed by atoms with Crippen LogP contribution in [0.1, 0.15) is 5.56 Å². The van der Waals surface area contributed by atoms with Crippen LogP contribution in [-0.2, 0) is 6.61 Å². The molecule has 134 valence electrons. The molecule has 0 aliphatic carbocycles. The molecule has 0 saturated heterocycles. The zero-order valence-electron chi connectivity index (χ0n) is 14.8. The van der Waals surface area contributed by atoms with Crippen LogP contribution in [-0.4, -0.2) is 7.11 Å². The van der Waals surface area contributed by atoms with Crippen LogP contribution in [0.5, 0.6) is 11.5 Å². The van der Waals surface area contributed by atoms with E-state index in [1.807, 2.05) is 66.7 Å². The monoisotopic (exact) mass is 358 g/mol. The maximum atomic E-state index is 12.0. The Bertz CT molecular complexity index is 1110. The molecule has 4 nitrogen and oxygen atoms in total. The molecule has 0 fully saturated rings. The SMILES string of the molecule is COc1ccc2c(-c3ccc(OCc4ccccc4)cc3)cc(=O)oc2c1. The lowest BCUT2D eigenvalue weighted by atomic mass is 10.0. The fraction of sp³-hybridized carbons (Fsp3) is 0.0870. The summed E-state index contributed by atoms with van der Waals surface area (Å²) in [5.41, 5.74) is 2.96. The third kappa shape index (κ3) is 3.70. The lowest BCUT2D eigenvalue weighted by Gasteiger charge is -2.09. The summed E-state index contributed by atoms with van der Waals surface area (Å²) in [6.45, 7) is 0.512. The molecule has 4 heteroatoms. The van der Waals surface area contributed by atoms with Crippen molar-refractivity contribution >= 4 is 11.0 Å². The topological polar surface area (TPSA) is 48.7 Å². The Morgan fingerprint density at radius 2 is 1.59 bits per heavy atom. The van der Waals surface area contributed by atoms with Crippen LogP contribution in [0.25, 0.3) is 22.1 Å². The van der Waals surface area contributed by atoms with E-state index in [9.17, 15) is 4.79 Å². The summed E-state index contributed by atoms with van der Waals surface area (Å²) in [4.78, 5) is 12.0. The van der Waals surface area contributed by atoms with Crippen molar-refractivity contribution in [3.05, 3.63) is 94.8 Å². The molecule has 1 heterocycles. The highest BCUT2D eigenvalue weighted by Gasteiger charge is 2.09. The highest BCUT2D eigenvalue weighted by molar-refractivity contribution is 5.93. The molecular formula is C23H18O4. The number of hydrogen-bond donors (Lipinski definition) is 0. The first-order valence-electron chi connectivity index (χ1n) is 8.62. The van der Waals surface area contributed by atoms with Gasteiger partial charge >= 0.3 is 5.63 Å². The summed E-state index contributed by atoms with van der Waals surface area (Å²) >= 11 is 0. The molecule has 0 N–H and O–H groups in total. The smallest absolute Gasteiger partial charge is 0.336 e. The number of rotatable bonds is 5. The highest BCUT2D eigenvalue weighted by atomic mass is 16.5. The van der Waals surface area contributed by atoms with E-state index in [1.54, 1.807) is 13.2 Å². The lowest BCUT2D eigenvalue weighted by molar-refractivity contribution is 0.306. The minimum absolute atomic E-state index is 0.393. The van der Waals surface area contributed by atoms with Crippen LogP contribution in [0.3, 0.4) is 0 Å². The minimum Gasteiger partial charge on any atom is -0.497 e. The van der Waals surface area contributed by atoms with Crippen molar-refractivity contribution in [2.45, 2.75) is 6.61 Å². The van der Waals surface area contributed by atoms with Crippen molar-refractivity contribution in [3.63, 3.8) is 0 Å². The third-order valence-corrected chi connectivity index (χ3v) is 4.37. The predicted octanol–water partition coefficient (Wildman–Crippen LogP) is 5.05. The first-order chi connectivity index (χ1) is 13.2. The molecule has 0 aliphatic rings. The highest BCUT2D eigenvalue weighted by Crippen LogP contribution is 2.30. The number of hydrogen-bond acceptors (Lipinski definition) is 4. The zero-order valence-corrected chi connectivity index (χ0v) is 14.8. The second-order valence-electron chi connectivity index (χ2n) is 6.14. The van der Waals surface area contributed by atoms with Gasteiger partial charge in [-0.2, -0.15) is 0 Å². The van der Waals surface area contributed by atoms with E-state index in [-0.39, 0.29) is 0 Å². The lowest BCUT2D eigenvalue weighted by Crippen LogP contribution is -1.99. The summed E-state index contributed by atoms with van der Waals surface area (Å²) in [7, 11) is 1.58. The van der Waals surface area contributed by atoms with Crippen LogP contribution in [0.2, 0.25) is 0 Å². The zero-order chi connectivity index (χ0) is 18.6. The van der Waals surface area contributed by atoms with Gasteiger partial charge in [0.2, 0.25) is 0 Å². The Labute approximate surface area is 156 Å². The van der Waals surface area contributed by atoms with Gasteiger partial charge < -0.3 is 13.9 Å². The molecule has 0 bridgehead atoms. The van der Waals surface area contributed by atoms with Crippen molar-refractivity contribution < 1.29 is 13.9 Å². The van der Waals surface area contributed by atoms with E-state index in [2.05, 4.69) is 0 Å². The van der Waals surface area contributed by atoms with Gasteiger partial charge in [-0.25, -0.2) is 4.79 Å². The van der Waals surface area contributed by atoms with Crippen molar-refractivity contribution in [2.24, 2.45) is 0 Å². The van der Waals surface area contributed by atoms with E-state index in [0.29, 0.717) is 17.9 Å². The molecular weight excluding hydrogens is 340 g/mol. The van der Waals surface area contributed by atoms with Crippen molar-refractivity contribution in [1.82, 2.24) is 0 Å². The van der Waals surface area contributed by atoms with E-state index < -0.39 is 5.63 Å². The Morgan fingerprint density at radius 1 is 0.852 bits per heavy atom. The van der Waals surface area contributed by atoms with E-state index in [0.717, 1.165) is 27.8 Å². The Kier molecular flexibility index (Phi) is 4.62. The molecule has 3 aromatic carbocycles. The van der Waals surface area contributed by atoms with Gasteiger partial charge in [-0.1, -0.05) is 42.5 Å². The maximum Gasteiger partial charge on any atom is 0.336 e. The third-order valence-electron chi connectivity index (χ3n) is 4.37. The molecule has 0 aliphatic heterocycles. The predicted molar refractivity (Wildman–Crippen MR) is 105 cm³/mol. The summed E-state index contributed by atoms with van der Waals surface area (Å²) in [6.07, 6.45) is 0. The fourth-order valence-corrected chi connectivity index (χ4v) is 2.98. The van der Waals surface area contributed by atoms with Crippen molar-refractivity contribution in [1.29, 1.82) is 0 Å². The molecule has 0 atom stereocenters. The second kappa shape index (κ2) is 7.38. The Morgan fingerprint density at radius 3 is 2.33 bits per heavy atom. The van der Waals surface area contributed by atoms with E-state index in [4.69, 9.17) is 13.9 Å². The van der Waals surface area contributed by atoms with Gasteiger partial charge in [-0.15, -0.1) is 0 Å². The Hall–Kier alpha value is -3.53. The van der Waals surface area contributed by atoms with E-state index >= 15 is 0 Å². The van der Waals surface area contributed by atoms with Crippen LogP contribution >= 0.6 is 0 Å². The molecule has 27 heavy (non-hydrogen) atoms. The molecule has 1 aromatic heterocycles. The molecule has 4 aromatic rings. The van der Waals surface area contributed by atoms with Crippen molar-refractivity contribution in [2.75, 3.05) is 7.11 Å². The van der Waals surface area contributed by atoms with Crippen LogP contribution < -0.4 is 15.1 Å². The molecule has 0 amide bonds. The quantitative estimate of drug-likeness (QED) is 0.469. The van der Waals surface area contributed by atoms with Crippen LogP contribution in [0.15, 0.2) is 88.1 Å². The van der Waals surface area contributed by atoms with Gasteiger partial charge in [-0.3, -0.25) is 0 Å². The molecule has 0 unspecified atom stereocenters. The van der Waals surface area contributed by atoms with Gasteiger partial charge in [-0.05, 0) is 41.0 Å². The van der Waals surface area contributed by atoms with Gasteiger partial charge in [0.1, 0.15) is 23.7 Å². The molecule has 0 radical (unpaired) electrons. The first-order valence-corrected chi connectivity index (χ1v) is 8.62. The summed E-state index contributed by atoms with van der Waals surface area (Å²) in [5.74, 6) is 1.42. The Balaban J connectivity index is 1.63. The normalized spacial score (nSPS) is 10.7. The molecule has 4 rings (SSSR count). The van der Waals surface area contributed by atoms with Crippen molar-refractivity contribution in [3.8, 4) is 22.6 Å². The second-order valence-corrected chi connectivity index (χ2v) is 6.14. The first kappa shape index (κ1) is 16.9. The number of fused-ring (bicyclic) bond motifs is 1. The standard InChI is InChI=1S/C23H18O4/c1-25-19-11-12-20-21(14-23(24)27-22(20)13-19)17-7-9-18(10-8-17)26-15-16-5-3-2-4-6-16/h2-14H,15H2,1H3. The number of methoxy groups -OCH3 is 1. The van der Waals surface area contributed by atoms with Crippen LogP contribution in [0, 0.1) is 0 Å².